The van der Waals surface area contributed by atoms with E-state index in [4.69, 9.17) is 11.6 Å². The second-order valence-electron chi connectivity index (χ2n) is 5.29. The van der Waals surface area contributed by atoms with Crippen LogP contribution >= 0.6 is 11.6 Å². The summed E-state index contributed by atoms with van der Waals surface area (Å²) in [5.74, 6) is 1.80. The van der Waals surface area contributed by atoms with Crippen LogP contribution in [0, 0.1) is 6.92 Å². The Morgan fingerprint density at radius 3 is 2.27 bits per heavy atom. The molecule has 1 aliphatic heterocycles. The van der Waals surface area contributed by atoms with Crippen LogP contribution in [-0.4, -0.2) is 46.1 Å². The SMILES string of the molecule is CCc1c(C)ncnc1N1CCN(c2ncc(Cl)cn2)CC1. The van der Waals surface area contributed by atoms with E-state index in [1.807, 2.05) is 6.92 Å². The topological polar surface area (TPSA) is 58.0 Å². The van der Waals surface area contributed by atoms with Crippen molar-refractivity contribution in [3.05, 3.63) is 35.0 Å². The molecule has 0 aliphatic carbocycles. The Kier molecular flexibility index (Phi) is 4.38. The van der Waals surface area contributed by atoms with Gasteiger partial charge < -0.3 is 9.80 Å². The Balaban J connectivity index is 1.72. The van der Waals surface area contributed by atoms with E-state index in [1.165, 1.54) is 5.56 Å². The van der Waals surface area contributed by atoms with Gasteiger partial charge in [0.15, 0.2) is 0 Å². The third kappa shape index (κ3) is 2.97. The average Bonchev–Trinajstić information content (AvgIpc) is 2.55. The number of nitrogens with zero attached hydrogens (tertiary/aromatic N) is 6. The zero-order chi connectivity index (χ0) is 15.5. The quantitative estimate of drug-likeness (QED) is 0.864. The molecule has 0 amide bonds. The van der Waals surface area contributed by atoms with Crippen LogP contribution in [0.1, 0.15) is 18.2 Å². The lowest BCUT2D eigenvalue weighted by molar-refractivity contribution is 0.631. The van der Waals surface area contributed by atoms with Crippen molar-refractivity contribution in [1.29, 1.82) is 0 Å². The van der Waals surface area contributed by atoms with Crippen molar-refractivity contribution in [2.24, 2.45) is 0 Å². The summed E-state index contributed by atoms with van der Waals surface area (Å²) in [5.41, 5.74) is 2.30. The van der Waals surface area contributed by atoms with E-state index in [9.17, 15) is 0 Å². The normalized spacial score (nSPS) is 15.2. The highest BCUT2D eigenvalue weighted by atomic mass is 35.5. The Bertz CT molecular complexity index is 637. The fourth-order valence-corrected chi connectivity index (χ4v) is 2.86. The van der Waals surface area contributed by atoms with E-state index >= 15 is 0 Å². The van der Waals surface area contributed by atoms with Gasteiger partial charge in [0, 0.05) is 37.4 Å². The second kappa shape index (κ2) is 6.44. The molecular formula is C15H19ClN6. The maximum atomic E-state index is 5.84. The van der Waals surface area contributed by atoms with Crippen LogP contribution < -0.4 is 9.80 Å². The molecule has 1 saturated heterocycles. The molecule has 22 heavy (non-hydrogen) atoms. The summed E-state index contributed by atoms with van der Waals surface area (Å²) in [6.45, 7) is 7.72. The van der Waals surface area contributed by atoms with Gasteiger partial charge in [-0.25, -0.2) is 19.9 Å². The minimum absolute atomic E-state index is 0.562. The molecule has 1 fully saturated rings. The Hall–Kier alpha value is -1.95. The molecule has 1 aliphatic rings. The van der Waals surface area contributed by atoms with Crippen molar-refractivity contribution >= 4 is 23.4 Å². The minimum atomic E-state index is 0.562. The van der Waals surface area contributed by atoms with Crippen molar-refractivity contribution in [3.63, 3.8) is 0 Å². The minimum Gasteiger partial charge on any atom is -0.353 e. The molecule has 0 radical (unpaired) electrons. The first kappa shape index (κ1) is 15.0. The van der Waals surface area contributed by atoms with E-state index in [1.54, 1.807) is 18.7 Å². The molecule has 0 unspecified atom stereocenters. The number of aryl methyl sites for hydroxylation is 1. The number of rotatable bonds is 3. The molecule has 116 valence electrons. The highest BCUT2D eigenvalue weighted by Crippen LogP contribution is 2.22. The number of halogens is 1. The number of piperazine rings is 1. The van der Waals surface area contributed by atoms with Gasteiger partial charge in [0.1, 0.15) is 12.1 Å². The molecule has 0 spiro atoms. The molecular weight excluding hydrogens is 300 g/mol. The first-order valence-electron chi connectivity index (χ1n) is 7.47. The highest BCUT2D eigenvalue weighted by molar-refractivity contribution is 6.30. The third-order valence-corrected chi connectivity index (χ3v) is 4.16. The smallest absolute Gasteiger partial charge is 0.225 e. The first-order chi connectivity index (χ1) is 10.7. The van der Waals surface area contributed by atoms with E-state index < -0.39 is 0 Å². The van der Waals surface area contributed by atoms with Gasteiger partial charge in [0.05, 0.1) is 17.4 Å². The molecule has 0 aromatic carbocycles. The summed E-state index contributed by atoms with van der Waals surface area (Å²) in [7, 11) is 0. The van der Waals surface area contributed by atoms with Gasteiger partial charge in [0.2, 0.25) is 5.95 Å². The summed E-state index contributed by atoms with van der Waals surface area (Å²) >= 11 is 5.84. The van der Waals surface area contributed by atoms with Crippen molar-refractivity contribution in [2.45, 2.75) is 20.3 Å². The molecule has 0 bridgehead atoms. The zero-order valence-corrected chi connectivity index (χ0v) is 13.6. The van der Waals surface area contributed by atoms with Gasteiger partial charge in [-0.15, -0.1) is 0 Å². The van der Waals surface area contributed by atoms with E-state index in [0.717, 1.165) is 50.1 Å². The van der Waals surface area contributed by atoms with E-state index in [2.05, 4.69) is 36.7 Å². The average molecular weight is 319 g/mol. The fraction of sp³-hybridized carbons (Fsp3) is 0.467. The first-order valence-corrected chi connectivity index (χ1v) is 7.84. The maximum Gasteiger partial charge on any atom is 0.225 e. The Labute approximate surface area is 135 Å². The van der Waals surface area contributed by atoms with E-state index in [-0.39, 0.29) is 0 Å². The van der Waals surface area contributed by atoms with Gasteiger partial charge in [-0.1, -0.05) is 18.5 Å². The lowest BCUT2D eigenvalue weighted by Gasteiger charge is -2.36. The molecule has 2 aromatic heterocycles. The van der Waals surface area contributed by atoms with Gasteiger partial charge in [-0.3, -0.25) is 0 Å². The predicted molar refractivity (Wildman–Crippen MR) is 87.6 cm³/mol. The van der Waals surface area contributed by atoms with E-state index in [0.29, 0.717) is 5.02 Å². The molecule has 0 saturated carbocycles. The summed E-state index contributed by atoms with van der Waals surface area (Å²) in [6.07, 6.45) is 5.87. The molecule has 7 heteroatoms. The van der Waals surface area contributed by atoms with Crippen LogP contribution in [-0.2, 0) is 6.42 Å². The number of hydrogen-bond acceptors (Lipinski definition) is 6. The van der Waals surface area contributed by atoms with Gasteiger partial charge in [0.25, 0.3) is 0 Å². The van der Waals surface area contributed by atoms with Crippen LogP contribution in [0.2, 0.25) is 5.02 Å². The third-order valence-electron chi connectivity index (χ3n) is 3.96. The standard InChI is InChI=1S/C15H19ClN6/c1-3-13-11(2)19-10-20-14(13)21-4-6-22(7-5-21)15-17-8-12(16)9-18-15/h8-10H,3-7H2,1-2H3. The summed E-state index contributed by atoms with van der Waals surface area (Å²) in [4.78, 5) is 21.9. The lowest BCUT2D eigenvalue weighted by atomic mass is 10.1. The molecule has 3 heterocycles. The second-order valence-corrected chi connectivity index (χ2v) is 5.73. The van der Waals surface area contributed by atoms with Crippen molar-refractivity contribution in [2.75, 3.05) is 36.0 Å². The van der Waals surface area contributed by atoms with Gasteiger partial charge >= 0.3 is 0 Å². The van der Waals surface area contributed by atoms with Crippen LogP contribution in [0.25, 0.3) is 0 Å². The molecule has 0 N–H and O–H groups in total. The maximum absolute atomic E-state index is 5.84. The molecule has 0 atom stereocenters. The monoisotopic (exact) mass is 318 g/mol. The largest absolute Gasteiger partial charge is 0.353 e. The van der Waals surface area contributed by atoms with Crippen LogP contribution in [0.4, 0.5) is 11.8 Å². The molecule has 2 aromatic rings. The predicted octanol–water partition coefficient (Wildman–Crippen LogP) is 2.12. The van der Waals surface area contributed by atoms with Gasteiger partial charge in [-0.2, -0.15) is 0 Å². The van der Waals surface area contributed by atoms with Crippen molar-refractivity contribution in [1.82, 2.24) is 19.9 Å². The van der Waals surface area contributed by atoms with Gasteiger partial charge in [-0.05, 0) is 13.3 Å². The van der Waals surface area contributed by atoms with Crippen LogP contribution in [0.5, 0.6) is 0 Å². The molecule has 3 rings (SSSR count). The Morgan fingerprint density at radius 2 is 1.64 bits per heavy atom. The number of anilines is 2. The number of hydrogen-bond donors (Lipinski definition) is 0. The van der Waals surface area contributed by atoms with Crippen molar-refractivity contribution < 1.29 is 0 Å². The summed E-state index contributed by atoms with van der Waals surface area (Å²) < 4.78 is 0. The van der Waals surface area contributed by atoms with Crippen molar-refractivity contribution in [3.8, 4) is 0 Å². The number of aromatic nitrogens is 4. The zero-order valence-electron chi connectivity index (χ0n) is 12.8. The van der Waals surface area contributed by atoms with Crippen LogP contribution in [0.3, 0.4) is 0 Å². The fourth-order valence-electron chi connectivity index (χ4n) is 2.76. The Morgan fingerprint density at radius 1 is 1.00 bits per heavy atom. The van der Waals surface area contributed by atoms with Crippen LogP contribution in [0.15, 0.2) is 18.7 Å². The summed E-state index contributed by atoms with van der Waals surface area (Å²) in [5, 5.41) is 0.562. The molecule has 6 nitrogen and oxygen atoms in total. The summed E-state index contributed by atoms with van der Waals surface area (Å²) in [6, 6.07) is 0. The lowest BCUT2D eigenvalue weighted by Crippen LogP contribution is -2.47. The highest BCUT2D eigenvalue weighted by Gasteiger charge is 2.22.